The number of hydrogen-bond acceptors (Lipinski definition) is 9. The number of carbonyl (C=O) groups is 3. The molecule has 3 aromatic rings. The third-order valence-corrected chi connectivity index (χ3v) is 9.18. The molecule has 4 amide bonds. The number of hydrogen-bond donors (Lipinski definition) is 3. The van der Waals surface area contributed by atoms with E-state index in [0.717, 1.165) is 34.9 Å². The Bertz CT molecular complexity index is 1740. The van der Waals surface area contributed by atoms with E-state index in [4.69, 9.17) is 12.2 Å². The second-order valence-electron chi connectivity index (χ2n) is 11.1. The fourth-order valence-corrected chi connectivity index (χ4v) is 7.07. The topological polar surface area (TPSA) is 161 Å². The summed E-state index contributed by atoms with van der Waals surface area (Å²) in [5.41, 5.74) is 8.62. The van der Waals surface area contributed by atoms with Crippen LogP contribution >= 0.6 is 11.3 Å². The van der Waals surface area contributed by atoms with Crippen molar-refractivity contribution < 1.29 is 22.8 Å². The Kier molecular flexibility index (Phi) is 9.47. The van der Waals surface area contributed by atoms with Gasteiger partial charge in [-0.3, -0.25) is 14.3 Å². The summed E-state index contributed by atoms with van der Waals surface area (Å²) in [7, 11) is -3.46. The molecular formula is C30H36N8O5S2. The van der Waals surface area contributed by atoms with Crippen LogP contribution in [-0.4, -0.2) is 95.7 Å². The fraction of sp³-hybridized carbons (Fsp3) is 0.400. The van der Waals surface area contributed by atoms with Gasteiger partial charge in [0, 0.05) is 25.2 Å². The number of aromatic nitrogens is 1. The van der Waals surface area contributed by atoms with E-state index in [1.54, 1.807) is 39.1 Å². The zero-order valence-corrected chi connectivity index (χ0v) is 26.7. The van der Waals surface area contributed by atoms with Gasteiger partial charge in [-0.2, -0.15) is 5.01 Å². The van der Waals surface area contributed by atoms with E-state index in [-0.39, 0.29) is 44.4 Å². The van der Waals surface area contributed by atoms with Crippen LogP contribution in [0, 0.1) is 12.3 Å². The van der Waals surface area contributed by atoms with Crippen molar-refractivity contribution in [3.05, 3.63) is 53.6 Å². The summed E-state index contributed by atoms with van der Waals surface area (Å²) in [4.78, 5) is 48.8. The molecule has 4 N–H and O–H groups in total. The van der Waals surface area contributed by atoms with Gasteiger partial charge in [-0.1, -0.05) is 54.9 Å². The standard InChI is InChI=1S/C30H36N8O5S2/c1-4-6-14-32-30(41)36(15-5-2)37-19-26(39)38-23(16-20-10-12-22(13-11-20)34-45(3,42)43)28(40)35(18-25(37)38)17-21-8-7-9-24-27(21)33-29(31)44-24/h2,7-13,23,25,34H,4,6,14-19H2,1,3H3,(H2,31,33)(H,32,41)/t23-,25+/m0/s1. The van der Waals surface area contributed by atoms with Gasteiger partial charge in [-0.25, -0.2) is 23.2 Å². The van der Waals surface area contributed by atoms with Gasteiger partial charge in [0.1, 0.15) is 12.2 Å². The van der Waals surface area contributed by atoms with Gasteiger partial charge in [0.05, 0.1) is 36.1 Å². The highest BCUT2D eigenvalue weighted by Crippen LogP contribution is 2.32. The number of thiazole rings is 1. The lowest BCUT2D eigenvalue weighted by Crippen LogP contribution is -2.66. The number of unbranched alkanes of at least 4 members (excludes halogenated alkanes) is 1. The monoisotopic (exact) mass is 652 g/mol. The minimum absolute atomic E-state index is 0.0552. The predicted molar refractivity (Wildman–Crippen MR) is 173 cm³/mol. The lowest BCUT2D eigenvalue weighted by atomic mass is 9.99. The van der Waals surface area contributed by atoms with E-state index < -0.39 is 28.3 Å². The van der Waals surface area contributed by atoms with Crippen LogP contribution in [0.15, 0.2) is 42.5 Å². The number of nitrogens with zero attached hydrogens (tertiary/aromatic N) is 5. The molecular weight excluding hydrogens is 617 g/mol. The molecule has 238 valence electrons. The van der Waals surface area contributed by atoms with Crippen LogP contribution in [-0.2, 0) is 32.6 Å². The average molecular weight is 653 g/mol. The molecule has 0 aliphatic carbocycles. The number of terminal acetylenes is 1. The number of amides is 4. The van der Waals surface area contributed by atoms with Crippen molar-refractivity contribution in [1.82, 2.24) is 30.1 Å². The van der Waals surface area contributed by atoms with E-state index in [1.807, 2.05) is 25.1 Å². The highest BCUT2D eigenvalue weighted by Gasteiger charge is 2.52. The van der Waals surface area contributed by atoms with Crippen LogP contribution in [0.4, 0.5) is 15.6 Å². The Balaban J connectivity index is 1.48. The summed E-state index contributed by atoms with van der Waals surface area (Å²) in [6.45, 7) is 2.66. The first-order valence-electron chi connectivity index (χ1n) is 14.5. The van der Waals surface area contributed by atoms with Crippen molar-refractivity contribution in [2.75, 3.05) is 42.9 Å². The van der Waals surface area contributed by atoms with Crippen LogP contribution < -0.4 is 15.8 Å². The maximum absolute atomic E-state index is 14.2. The largest absolute Gasteiger partial charge is 0.375 e. The van der Waals surface area contributed by atoms with Gasteiger partial charge in [0.15, 0.2) is 5.13 Å². The van der Waals surface area contributed by atoms with Crippen LogP contribution in [0.2, 0.25) is 0 Å². The van der Waals surface area contributed by atoms with E-state index >= 15 is 0 Å². The Morgan fingerprint density at radius 3 is 2.67 bits per heavy atom. The molecule has 0 bridgehead atoms. The van der Waals surface area contributed by atoms with Gasteiger partial charge in [-0.15, -0.1) is 6.42 Å². The lowest BCUT2D eigenvalue weighted by Gasteiger charge is -2.46. The van der Waals surface area contributed by atoms with E-state index in [2.05, 4.69) is 20.9 Å². The number of rotatable bonds is 11. The normalized spacial score (nSPS) is 18.6. The maximum Gasteiger partial charge on any atom is 0.332 e. The summed E-state index contributed by atoms with van der Waals surface area (Å²) in [5, 5.41) is 6.33. The van der Waals surface area contributed by atoms with Crippen molar-refractivity contribution in [3.63, 3.8) is 0 Å². The summed E-state index contributed by atoms with van der Waals surface area (Å²) >= 11 is 1.36. The number of anilines is 2. The molecule has 2 saturated heterocycles. The molecule has 2 aliphatic rings. The molecule has 45 heavy (non-hydrogen) atoms. The summed E-state index contributed by atoms with van der Waals surface area (Å²) in [6, 6.07) is 11.1. The molecule has 2 atom stereocenters. The van der Waals surface area contributed by atoms with Crippen molar-refractivity contribution in [2.24, 2.45) is 0 Å². The first-order chi connectivity index (χ1) is 21.5. The number of nitrogens with one attached hydrogen (secondary N) is 2. The SMILES string of the molecule is C#CCN(C(=O)NCCCC)N1CC(=O)N2[C@@H](Cc3ccc(NS(C)(=O)=O)cc3)C(=O)N(Cc3cccc4sc(N)nc34)C[C@@H]21. The number of urea groups is 1. The van der Waals surface area contributed by atoms with Crippen LogP contribution in [0.1, 0.15) is 30.9 Å². The second-order valence-corrected chi connectivity index (χ2v) is 13.9. The smallest absolute Gasteiger partial charge is 0.332 e. The van der Waals surface area contributed by atoms with Crippen LogP contribution in [0.3, 0.4) is 0 Å². The number of piperazine rings is 1. The van der Waals surface area contributed by atoms with Gasteiger partial charge >= 0.3 is 6.03 Å². The van der Waals surface area contributed by atoms with E-state index in [9.17, 15) is 22.8 Å². The van der Waals surface area contributed by atoms with Crippen molar-refractivity contribution >= 4 is 60.2 Å². The van der Waals surface area contributed by atoms with Gasteiger partial charge in [-0.05, 0) is 35.7 Å². The number of carbonyl (C=O) groups excluding carboxylic acids is 3. The van der Waals surface area contributed by atoms with E-state index in [0.29, 0.717) is 22.9 Å². The highest BCUT2D eigenvalue weighted by atomic mass is 32.2. The zero-order chi connectivity index (χ0) is 32.3. The number of fused-ring (bicyclic) bond motifs is 2. The summed E-state index contributed by atoms with van der Waals surface area (Å²) < 4.78 is 26.7. The molecule has 13 nitrogen and oxygen atoms in total. The second kappa shape index (κ2) is 13.3. The molecule has 0 radical (unpaired) electrons. The van der Waals surface area contributed by atoms with Crippen molar-refractivity contribution in [1.29, 1.82) is 0 Å². The fourth-order valence-electron chi connectivity index (χ4n) is 5.72. The average Bonchev–Trinajstić information content (AvgIpc) is 3.53. The number of nitrogens with two attached hydrogens (primary N) is 1. The quantitative estimate of drug-likeness (QED) is 0.210. The number of nitrogen functional groups attached to an aromatic ring is 1. The molecule has 0 unspecified atom stereocenters. The first-order valence-corrected chi connectivity index (χ1v) is 17.3. The Morgan fingerprint density at radius 2 is 1.98 bits per heavy atom. The molecule has 3 heterocycles. The maximum atomic E-state index is 14.2. The van der Waals surface area contributed by atoms with Crippen LogP contribution in [0.5, 0.6) is 0 Å². The Hall–Kier alpha value is -4.39. The molecule has 5 rings (SSSR count). The summed E-state index contributed by atoms with van der Waals surface area (Å²) in [6.07, 6.45) is 7.93. The lowest BCUT2D eigenvalue weighted by molar-refractivity contribution is -0.157. The third kappa shape index (κ3) is 7.14. The number of hydrazine groups is 1. The predicted octanol–water partition coefficient (Wildman–Crippen LogP) is 2.03. The molecule has 0 saturated carbocycles. The molecule has 1 aromatic heterocycles. The molecule has 2 aromatic carbocycles. The van der Waals surface area contributed by atoms with Gasteiger partial charge in [0.25, 0.3) is 0 Å². The molecule has 2 fully saturated rings. The van der Waals surface area contributed by atoms with Gasteiger partial charge in [0.2, 0.25) is 21.8 Å². The Labute approximate surface area is 266 Å². The third-order valence-electron chi connectivity index (χ3n) is 7.73. The Morgan fingerprint density at radius 1 is 1.22 bits per heavy atom. The highest BCUT2D eigenvalue weighted by molar-refractivity contribution is 7.92. The molecule has 0 spiro atoms. The number of sulfonamides is 1. The van der Waals surface area contributed by atoms with Crippen LogP contribution in [0.25, 0.3) is 10.2 Å². The summed E-state index contributed by atoms with van der Waals surface area (Å²) in [5.74, 6) is 1.97. The number of benzene rings is 2. The van der Waals surface area contributed by atoms with Crippen molar-refractivity contribution in [3.8, 4) is 12.3 Å². The molecule has 2 aliphatic heterocycles. The van der Waals surface area contributed by atoms with Crippen molar-refractivity contribution in [2.45, 2.75) is 44.9 Å². The van der Waals surface area contributed by atoms with Gasteiger partial charge < -0.3 is 20.9 Å². The van der Waals surface area contributed by atoms with E-state index in [1.165, 1.54) is 16.3 Å². The zero-order valence-electron chi connectivity index (χ0n) is 25.1. The molecule has 15 heteroatoms. The first kappa shape index (κ1) is 32.0. The number of para-hydroxylation sites is 1. The minimum atomic E-state index is -3.46. The minimum Gasteiger partial charge on any atom is -0.375 e.